The van der Waals surface area contributed by atoms with Crippen molar-refractivity contribution < 1.29 is 9.53 Å². The van der Waals surface area contributed by atoms with E-state index >= 15 is 0 Å². The summed E-state index contributed by atoms with van der Waals surface area (Å²) >= 11 is 0. The Kier molecular flexibility index (Phi) is 3.92. The summed E-state index contributed by atoms with van der Waals surface area (Å²) in [5.41, 5.74) is 0. The molecule has 2 atom stereocenters. The first-order valence-electron chi connectivity index (χ1n) is 7.47. The van der Waals surface area contributed by atoms with Gasteiger partial charge < -0.3 is 15.0 Å². The van der Waals surface area contributed by atoms with Crippen LogP contribution < -0.4 is 10.1 Å². The quantitative estimate of drug-likeness (QED) is 0.908. The average Bonchev–Trinajstić information content (AvgIpc) is 2.49. The molecule has 1 aromatic rings. The highest BCUT2D eigenvalue weighted by molar-refractivity contribution is 5.81. The van der Waals surface area contributed by atoms with Crippen molar-refractivity contribution in [3.8, 4) is 5.75 Å². The number of fused-ring (bicyclic) bond motifs is 3. The van der Waals surface area contributed by atoms with Gasteiger partial charge in [0.2, 0.25) is 0 Å². The number of piperidine rings is 3. The molecule has 0 aliphatic carbocycles. The highest BCUT2D eigenvalue weighted by atomic mass is 16.5. The van der Waals surface area contributed by atoms with Crippen molar-refractivity contribution in [2.75, 3.05) is 19.6 Å². The molecule has 0 aromatic heterocycles. The number of hydrogen-bond donors (Lipinski definition) is 1. The lowest BCUT2D eigenvalue weighted by molar-refractivity contribution is -0.129. The third-order valence-corrected chi connectivity index (χ3v) is 4.41. The van der Waals surface area contributed by atoms with Crippen molar-refractivity contribution in [3.05, 3.63) is 30.3 Å². The standard InChI is InChI=1S/C16H22N2O2/c1-12(20-14-5-3-2-4-6-14)16(19)17-15-11-18-9-7-13(15)8-10-18/h2-6,12-13,15H,7-11H2,1H3,(H,17,19). The molecule has 1 amide bonds. The Morgan fingerprint density at radius 1 is 1.30 bits per heavy atom. The van der Waals surface area contributed by atoms with Crippen LogP contribution in [0.1, 0.15) is 19.8 Å². The molecule has 2 bridgehead atoms. The molecule has 3 aliphatic rings. The van der Waals surface area contributed by atoms with Crippen LogP contribution in [0.5, 0.6) is 5.75 Å². The third-order valence-electron chi connectivity index (χ3n) is 4.41. The van der Waals surface area contributed by atoms with Crippen LogP contribution in [-0.2, 0) is 4.79 Å². The molecular formula is C16H22N2O2. The number of nitrogens with zero attached hydrogens (tertiary/aromatic N) is 1. The Balaban J connectivity index is 1.54. The number of amides is 1. The van der Waals surface area contributed by atoms with Crippen molar-refractivity contribution in [1.29, 1.82) is 0 Å². The minimum atomic E-state index is -0.451. The first-order chi connectivity index (χ1) is 9.72. The van der Waals surface area contributed by atoms with Crippen LogP contribution in [-0.4, -0.2) is 42.6 Å². The summed E-state index contributed by atoms with van der Waals surface area (Å²) in [6.07, 6.45) is 1.96. The highest BCUT2D eigenvalue weighted by Crippen LogP contribution is 2.27. The monoisotopic (exact) mass is 274 g/mol. The zero-order chi connectivity index (χ0) is 13.9. The van der Waals surface area contributed by atoms with E-state index in [1.165, 1.54) is 25.9 Å². The summed E-state index contributed by atoms with van der Waals surface area (Å²) < 4.78 is 5.67. The molecule has 3 heterocycles. The minimum Gasteiger partial charge on any atom is -0.481 e. The maximum absolute atomic E-state index is 12.2. The Morgan fingerprint density at radius 3 is 2.60 bits per heavy atom. The van der Waals surface area contributed by atoms with E-state index in [1.807, 2.05) is 37.3 Å². The normalized spacial score (nSPS) is 29.8. The zero-order valence-electron chi connectivity index (χ0n) is 11.9. The molecule has 3 fully saturated rings. The van der Waals surface area contributed by atoms with Gasteiger partial charge in [-0.2, -0.15) is 0 Å². The van der Waals surface area contributed by atoms with E-state index in [0.717, 1.165) is 12.3 Å². The molecule has 4 rings (SSSR count). The molecule has 1 N–H and O–H groups in total. The molecule has 20 heavy (non-hydrogen) atoms. The first kappa shape index (κ1) is 13.4. The van der Waals surface area contributed by atoms with Gasteiger partial charge in [-0.15, -0.1) is 0 Å². The zero-order valence-corrected chi connectivity index (χ0v) is 11.9. The van der Waals surface area contributed by atoms with Crippen molar-refractivity contribution in [1.82, 2.24) is 10.2 Å². The maximum Gasteiger partial charge on any atom is 0.261 e. The fourth-order valence-corrected chi connectivity index (χ4v) is 3.19. The SMILES string of the molecule is CC(Oc1ccccc1)C(=O)NC1CN2CCC1CC2. The Bertz CT molecular complexity index is 455. The van der Waals surface area contributed by atoms with Crippen LogP contribution in [0.15, 0.2) is 30.3 Å². The van der Waals surface area contributed by atoms with Crippen molar-refractivity contribution in [3.63, 3.8) is 0 Å². The summed E-state index contributed by atoms with van der Waals surface area (Å²) in [5.74, 6) is 1.38. The molecule has 3 saturated heterocycles. The van der Waals surface area contributed by atoms with Gasteiger partial charge in [0.15, 0.2) is 6.10 Å². The van der Waals surface area contributed by atoms with Crippen LogP contribution in [0, 0.1) is 5.92 Å². The predicted octanol–water partition coefficient (Wildman–Crippen LogP) is 1.66. The molecule has 0 radical (unpaired) electrons. The van der Waals surface area contributed by atoms with Gasteiger partial charge >= 0.3 is 0 Å². The number of nitrogens with one attached hydrogen (secondary N) is 1. The number of carbonyl (C=O) groups excluding carboxylic acids is 1. The van der Waals surface area contributed by atoms with E-state index in [4.69, 9.17) is 4.74 Å². The van der Waals surface area contributed by atoms with Crippen molar-refractivity contribution in [2.24, 2.45) is 5.92 Å². The van der Waals surface area contributed by atoms with E-state index < -0.39 is 6.10 Å². The first-order valence-corrected chi connectivity index (χ1v) is 7.47. The lowest BCUT2D eigenvalue weighted by atomic mass is 9.84. The van der Waals surface area contributed by atoms with Gasteiger partial charge in [-0.25, -0.2) is 0 Å². The van der Waals surface area contributed by atoms with Crippen LogP contribution in [0.3, 0.4) is 0 Å². The fourth-order valence-electron chi connectivity index (χ4n) is 3.19. The van der Waals surface area contributed by atoms with Gasteiger partial charge in [-0.3, -0.25) is 4.79 Å². The third kappa shape index (κ3) is 2.96. The van der Waals surface area contributed by atoms with E-state index in [2.05, 4.69) is 10.2 Å². The second-order valence-electron chi connectivity index (χ2n) is 5.83. The molecule has 1 aromatic carbocycles. The lowest BCUT2D eigenvalue weighted by Crippen LogP contribution is -2.58. The van der Waals surface area contributed by atoms with E-state index in [9.17, 15) is 4.79 Å². The van der Waals surface area contributed by atoms with Crippen molar-refractivity contribution >= 4 is 5.91 Å². The number of carbonyl (C=O) groups is 1. The molecule has 3 aliphatic heterocycles. The smallest absolute Gasteiger partial charge is 0.261 e. The minimum absolute atomic E-state index is 0.00685. The number of benzene rings is 1. The molecule has 0 spiro atoms. The van der Waals surface area contributed by atoms with Crippen LogP contribution in [0.25, 0.3) is 0 Å². The molecule has 2 unspecified atom stereocenters. The predicted molar refractivity (Wildman–Crippen MR) is 77.6 cm³/mol. The largest absolute Gasteiger partial charge is 0.481 e. The number of rotatable bonds is 4. The van der Waals surface area contributed by atoms with E-state index in [0.29, 0.717) is 12.0 Å². The molecule has 108 valence electrons. The van der Waals surface area contributed by atoms with Gasteiger partial charge in [-0.1, -0.05) is 18.2 Å². The number of para-hydroxylation sites is 1. The van der Waals surface area contributed by atoms with Crippen LogP contribution in [0.4, 0.5) is 0 Å². The molecule has 4 heteroatoms. The maximum atomic E-state index is 12.2. The average molecular weight is 274 g/mol. The van der Waals surface area contributed by atoms with Gasteiger partial charge in [-0.05, 0) is 50.9 Å². The van der Waals surface area contributed by atoms with E-state index in [1.54, 1.807) is 0 Å². The Hall–Kier alpha value is -1.55. The van der Waals surface area contributed by atoms with Gasteiger partial charge in [0, 0.05) is 12.6 Å². The molecule has 4 nitrogen and oxygen atoms in total. The Labute approximate surface area is 120 Å². The van der Waals surface area contributed by atoms with Crippen LogP contribution in [0.2, 0.25) is 0 Å². The summed E-state index contributed by atoms with van der Waals surface area (Å²) in [5, 5.41) is 3.16. The summed E-state index contributed by atoms with van der Waals surface area (Å²) in [6.45, 7) is 5.18. The van der Waals surface area contributed by atoms with Gasteiger partial charge in [0.25, 0.3) is 5.91 Å². The Morgan fingerprint density at radius 2 is 2.00 bits per heavy atom. The number of ether oxygens (including phenoxy) is 1. The van der Waals surface area contributed by atoms with Gasteiger partial charge in [0.05, 0.1) is 0 Å². The van der Waals surface area contributed by atoms with Gasteiger partial charge in [0.1, 0.15) is 5.75 Å². The molecular weight excluding hydrogens is 252 g/mol. The van der Waals surface area contributed by atoms with E-state index in [-0.39, 0.29) is 5.91 Å². The molecule has 0 saturated carbocycles. The second-order valence-corrected chi connectivity index (χ2v) is 5.83. The summed E-state index contributed by atoms with van der Waals surface area (Å²) in [4.78, 5) is 14.7. The fraction of sp³-hybridized carbons (Fsp3) is 0.562. The lowest BCUT2D eigenvalue weighted by Gasteiger charge is -2.45. The topological polar surface area (TPSA) is 41.6 Å². The number of hydrogen-bond acceptors (Lipinski definition) is 3. The van der Waals surface area contributed by atoms with Crippen LogP contribution >= 0.6 is 0 Å². The van der Waals surface area contributed by atoms with Crippen molar-refractivity contribution in [2.45, 2.75) is 31.9 Å². The summed E-state index contributed by atoms with van der Waals surface area (Å²) in [7, 11) is 0. The summed E-state index contributed by atoms with van der Waals surface area (Å²) in [6, 6.07) is 9.80. The second kappa shape index (κ2) is 5.83. The highest BCUT2D eigenvalue weighted by Gasteiger charge is 2.35.